The van der Waals surface area contributed by atoms with Gasteiger partial charge in [-0.2, -0.15) is 0 Å². The zero-order valence-corrected chi connectivity index (χ0v) is 12.1. The van der Waals surface area contributed by atoms with E-state index in [9.17, 15) is 0 Å². The number of unbranched alkanes of at least 4 members (excludes halogenated alkanes) is 9. The number of rotatable bonds is 12. The third-order valence-electron chi connectivity index (χ3n) is 3.12. The lowest BCUT2D eigenvalue weighted by molar-refractivity contribution is 0.649. The fourth-order valence-electron chi connectivity index (χ4n) is 1.97. The van der Waals surface area contributed by atoms with Gasteiger partial charge in [0, 0.05) is 0 Å². The molecule has 0 aromatic heterocycles. The Labute approximate surface area is 109 Å². The molecule has 0 unspecified atom stereocenters. The average Bonchev–Trinajstić information content (AvgIpc) is 2.35. The highest BCUT2D eigenvalue weighted by molar-refractivity contribution is 4.81. The summed E-state index contributed by atoms with van der Waals surface area (Å²) in [4.78, 5) is 0. The fourth-order valence-corrected chi connectivity index (χ4v) is 1.97. The summed E-state index contributed by atoms with van der Waals surface area (Å²) in [6.07, 6.45) is 24.1. The van der Waals surface area contributed by atoms with Gasteiger partial charge in [-0.25, -0.2) is 0 Å². The van der Waals surface area contributed by atoms with E-state index in [-0.39, 0.29) is 0 Å². The second kappa shape index (κ2) is 15.5. The predicted octanol–water partition coefficient (Wildman–Crippen LogP) is 6.43. The van der Waals surface area contributed by atoms with Crippen molar-refractivity contribution >= 4 is 0 Å². The molecule has 17 heavy (non-hydrogen) atoms. The summed E-state index contributed by atoms with van der Waals surface area (Å²) in [5, 5.41) is 0. The van der Waals surface area contributed by atoms with Gasteiger partial charge < -0.3 is 0 Å². The van der Waals surface area contributed by atoms with E-state index >= 15 is 0 Å². The van der Waals surface area contributed by atoms with Gasteiger partial charge in [-0.15, -0.1) is 0 Å². The van der Waals surface area contributed by atoms with E-state index in [4.69, 9.17) is 0 Å². The Balaban J connectivity index is 3.03. The second-order valence-corrected chi connectivity index (χ2v) is 4.88. The highest BCUT2D eigenvalue weighted by Crippen LogP contribution is 2.07. The molecule has 100 valence electrons. The van der Waals surface area contributed by atoms with E-state index in [0.29, 0.717) is 0 Å². The van der Waals surface area contributed by atoms with Crippen LogP contribution in [0.1, 0.15) is 84.5 Å². The molecule has 0 saturated carbocycles. The van der Waals surface area contributed by atoms with Crippen LogP contribution >= 0.6 is 0 Å². The van der Waals surface area contributed by atoms with Crippen LogP contribution in [-0.4, -0.2) is 0 Å². The van der Waals surface area contributed by atoms with Crippen LogP contribution in [0.3, 0.4) is 0 Å². The molecule has 0 amide bonds. The average molecular weight is 236 g/mol. The number of hydrogen-bond acceptors (Lipinski definition) is 0. The molecule has 0 aliphatic carbocycles. The Kier molecular flexibility index (Phi) is 15.0. The van der Waals surface area contributed by atoms with Gasteiger partial charge in [0.25, 0.3) is 0 Å². The van der Waals surface area contributed by atoms with E-state index in [1.54, 1.807) is 0 Å². The van der Waals surface area contributed by atoms with Gasteiger partial charge in [0.05, 0.1) is 0 Å². The summed E-state index contributed by atoms with van der Waals surface area (Å²) < 4.78 is 0. The monoisotopic (exact) mass is 236 g/mol. The van der Waals surface area contributed by atoms with Crippen molar-refractivity contribution in [1.82, 2.24) is 0 Å². The Morgan fingerprint density at radius 3 is 1.53 bits per heavy atom. The first-order valence-electron chi connectivity index (χ1n) is 7.68. The SMILES string of the molecule is CC=CCCCCCCC=CCCCCCC. The van der Waals surface area contributed by atoms with Crippen molar-refractivity contribution < 1.29 is 0 Å². The Bertz CT molecular complexity index is 176. The first kappa shape index (κ1) is 16.5. The number of allylic oxidation sites excluding steroid dienone is 4. The number of hydrogen-bond donors (Lipinski definition) is 0. The molecule has 0 aromatic carbocycles. The van der Waals surface area contributed by atoms with E-state index in [2.05, 4.69) is 38.2 Å². The molecular formula is C17H32. The molecule has 0 heteroatoms. The van der Waals surface area contributed by atoms with Gasteiger partial charge in [0.2, 0.25) is 0 Å². The van der Waals surface area contributed by atoms with Crippen molar-refractivity contribution in [2.75, 3.05) is 0 Å². The van der Waals surface area contributed by atoms with Crippen LogP contribution < -0.4 is 0 Å². The van der Waals surface area contributed by atoms with Crippen molar-refractivity contribution in [2.24, 2.45) is 0 Å². The van der Waals surface area contributed by atoms with E-state index in [0.717, 1.165) is 0 Å². The largest absolute Gasteiger partial charge is 0.0917 e. The molecule has 0 radical (unpaired) electrons. The lowest BCUT2D eigenvalue weighted by Gasteiger charge is -1.97. The van der Waals surface area contributed by atoms with Crippen LogP contribution in [0, 0.1) is 0 Å². The fraction of sp³-hybridized carbons (Fsp3) is 0.765. The first-order valence-corrected chi connectivity index (χ1v) is 7.68. The molecule has 0 N–H and O–H groups in total. The van der Waals surface area contributed by atoms with Gasteiger partial charge in [-0.05, 0) is 45.4 Å². The maximum Gasteiger partial charge on any atom is -0.0351 e. The van der Waals surface area contributed by atoms with Crippen molar-refractivity contribution in [3.05, 3.63) is 24.3 Å². The van der Waals surface area contributed by atoms with Crippen LogP contribution in [0.2, 0.25) is 0 Å². The molecule has 0 heterocycles. The summed E-state index contributed by atoms with van der Waals surface area (Å²) >= 11 is 0. The highest BCUT2D eigenvalue weighted by atomic mass is 13.9. The van der Waals surface area contributed by atoms with E-state index in [1.807, 2.05) is 0 Å². The summed E-state index contributed by atoms with van der Waals surface area (Å²) in [5.41, 5.74) is 0. The van der Waals surface area contributed by atoms with Crippen LogP contribution in [0.4, 0.5) is 0 Å². The summed E-state index contributed by atoms with van der Waals surface area (Å²) in [5.74, 6) is 0. The van der Waals surface area contributed by atoms with Crippen LogP contribution in [-0.2, 0) is 0 Å². The maximum absolute atomic E-state index is 2.39. The van der Waals surface area contributed by atoms with Crippen molar-refractivity contribution in [3.8, 4) is 0 Å². The molecule has 0 bridgehead atoms. The van der Waals surface area contributed by atoms with E-state index in [1.165, 1.54) is 70.6 Å². The second-order valence-electron chi connectivity index (χ2n) is 4.88. The van der Waals surface area contributed by atoms with Crippen LogP contribution in [0.5, 0.6) is 0 Å². The Morgan fingerprint density at radius 2 is 1.06 bits per heavy atom. The van der Waals surface area contributed by atoms with Gasteiger partial charge in [0.1, 0.15) is 0 Å². The van der Waals surface area contributed by atoms with Crippen molar-refractivity contribution in [3.63, 3.8) is 0 Å². The molecule has 0 spiro atoms. The van der Waals surface area contributed by atoms with Gasteiger partial charge in [0.15, 0.2) is 0 Å². The normalized spacial score (nSPS) is 11.9. The summed E-state index contributed by atoms with van der Waals surface area (Å²) in [6, 6.07) is 0. The standard InChI is InChI=1S/C17H32/c1-3-5-7-9-11-13-15-17-16-14-12-10-8-6-4-2/h3,5,14,16H,4,6-13,15,17H2,1-2H3. The molecule has 0 saturated heterocycles. The molecule has 0 nitrogen and oxygen atoms in total. The molecule has 0 atom stereocenters. The molecular weight excluding hydrogens is 204 g/mol. The lowest BCUT2D eigenvalue weighted by atomic mass is 10.1. The summed E-state index contributed by atoms with van der Waals surface area (Å²) in [6.45, 7) is 4.37. The summed E-state index contributed by atoms with van der Waals surface area (Å²) in [7, 11) is 0. The van der Waals surface area contributed by atoms with Crippen molar-refractivity contribution in [1.29, 1.82) is 0 Å². The lowest BCUT2D eigenvalue weighted by Crippen LogP contribution is -1.77. The zero-order valence-electron chi connectivity index (χ0n) is 12.1. The quantitative estimate of drug-likeness (QED) is 0.270. The Morgan fingerprint density at radius 1 is 0.588 bits per heavy atom. The minimum Gasteiger partial charge on any atom is -0.0917 e. The Hall–Kier alpha value is -0.520. The van der Waals surface area contributed by atoms with Crippen LogP contribution in [0.15, 0.2) is 24.3 Å². The minimum absolute atomic E-state index is 1.27. The van der Waals surface area contributed by atoms with Gasteiger partial charge >= 0.3 is 0 Å². The van der Waals surface area contributed by atoms with Gasteiger partial charge in [-0.3, -0.25) is 0 Å². The molecule has 0 aliphatic heterocycles. The maximum atomic E-state index is 2.39. The van der Waals surface area contributed by atoms with Crippen LogP contribution in [0.25, 0.3) is 0 Å². The van der Waals surface area contributed by atoms with Gasteiger partial charge in [-0.1, -0.05) is 63.3 Å². The molecule has 0 aliphatic rings. The molecule has 0 fully saturated rings. The predicted molar refractivity (Wildman–Crippen MR) is 80.4 cm³/mol. The minimum atomic E-state index is 1.27. The molecule has 0 aromatic rings. The van der Waals surface area contributed by atoms with Crippen molar-refractivity contribution in [2.45, 2.75) is 84.5 Å². The molecule has 0 rings (SSSR count). The van der Waals surface area contributed by atoms with E-state index < -0.39 is 0 Å². The smallest absolute Gasteiger partial charge is 0.0351 e. The third-order valence-corrected chi connectivity index (χ3v) is 3.12. The highest BCUT2D eigenvalue weighted by Gasteiger charge is 1.88. The first-order chi connectivity index (χ1) is 8.41. The topological polar surface area (TPSA) is 0 Å². The zero-order chi connectivity index (χ0) is 12.6. The third kappa shape index (κ3) is 15.5.